The highest BCUT2D eigenvalue weighted by Gasteiger charge is 2.45. The number of aromatic nitrogens is 4. The highest BCUT2D eigenvalue weighted by Crippen LogP contribution is 2.32. The maximum Gasteiger partial charge on any atom is 0.166 e. The standard InChI is InChI=1S/C10H11FN4O3S/c11-5-4(1-16)18-10(7(5)17)15-3-14-6-8(15)12-2-13-9(6)19/h2-5,7,10,16-17H,1H2,(H,12,13,19). The van der Waals surface area contributed by atoms with Gasteiger partial charge in [-0.15, -0.1) is 0 Å². The van der Waals surface area contributed by atoms with Crippen molar-refractivity contribution < 1.29 is 19.3 Å². The summed E-state index contributed by atoms with van der Waals surface area (Å²) in [6.45, 7) is -0.501. The molecular formula is C10H11FN4O3S. The number of imidazole rings is 1. The summed E-state index contributed by atoms with van der Waals surface area (Å²) < 4.78 is 20.7. The highest BCUT2D eigenvalue weighted by molar-refractivity contribution is 7.71. The predicted octanol–water partition coefficient (Wildman–Crippen LogP) is 0.0776. The number of ether oxygens (including phenoxy) is 1. The first-order valence-corrected chi connectivity index (χ1v) is 6.03. The Kier molecular flexibility index (Phi) is 3.05. The summed E-state index contributed by atoms with van der Waals surface area (Å²) in [5, 5.41) is 18.8. The Bertz CT molecular complexity index is 660. The van der Waals surface area contributed by atoms with Crippen molar-refractivity contribution in [3.05, 3.63) is 17.3 Å². The van der Waals surface area contributed by atoms with E-state index in [9.17, 15) is 9.50 Å². The highest BCUT2D eigenvalue weighted by atomic mass is 32.1. The fourth-order valence-electron chi connectivity index (χ4n) is 2.15. The van der Waals surface area contributed by atoms with E-state index >= 15 is 0 Å². The number of rotatable bonds is 2. The second-order valence-corrected chi connectivity index (χ2v) is 4.63. The molecule has 2 aromatic heterocycles. The third kappa shape index (κ3) is 1.86. The maximum atomic E-state index is 13.7. The van der Waals surface area contributed by atoms with Crippen molar-refractivity contribution in [2.75, 3.05) is 6.61 Å². The molecule has 0 aromatic carbocycles. The number of fused-ring (bicyclic) bond motifs is 1. The van der Waals surface area contributed by atoms with Crippen molar-refractivity contribution in [3.63, 3.8) is 0 Å². The zero-order valence-corrected chi connectivity index (χ0v) is 10.4. The zero-order valence-electron chi connectivity index (χ0n) is 9.60. The molecule has 3 heterocycles. The van der Waals surface area contributed by atoms with Gasteiger partial charge in [0.25, 0.3) is 0 Å². The second kappa shape index (κ2) is 4.60. The summed E-state index contributed by atoms with van der Waals surface area (Å²) in [6.07, 6.45) is -2.28. The number of nitrogens with one attached hydrogen (secondary N) is 1. The van der Waals surface area contributed by atoms with Crippen molar-refractivity contribution in [1.29, 1.82) is 0 Å². The zero-order chi connectivity index (χ0) is 13.6. The smallest absolute Gasteiger partial charge is 0.166 e. The number of aliphatic hydroxyl groups excluding tert-OH is 2. The Morgan fingerprint density at radius 2 is 2.32 bits per heavy atom. The quantitative estimate of drug-likeness (QED) is 0.677. The van der Waals surface area contributed by atoms with E-state index in [0.29, 0.717) is 15.8 Å². The number of alkyl halides is 1. The first-order chi connectivity index (χ1) is 9.13. The fraction of sp³-hybridized carbons (Fsp3) is 0.500. The Labute approximate surface area is 111 Å². The van der Waals surface area contributed by atoms with Crippen LogP contribution in [0.5, 0.6) is 0 Å². The van der Waals surface area contributed by atoms with Gasteiger partial charge in [0.1, 0.15) is 23.4 Å². The van der Waals surface area contributed by atoms with Gasteiger partial charge < -0.3 is 19.9 Å². The van der Waals surface area contributed by atoms with E-state index in [2.05, 4.69) is 15.0 Å². The fourth-order valence-corrected chi connectivity index (χ4v) is 2.35. The van der Waals surface area contributed by atoms with Crippen LogP contribution in [-0.2, 0) is 4.74 Å². The summed E-state index contributed by atoms with van der Waals surface area (Å²) in [7, 11) is 0. The molecule has 1 aliphatic heterocycles. The van der Waals surface area contributed by atoms with Crippen molar-refractivity contribution in [2.24, 2.45) is 0 Å². The first kappa shape index (κ1) is 12.6. The number of aliphatic hydroxyl groups is 2. The third-order valence-electron chi connectivity index (χ3n) is 3.12. The summed E-state index contributed by atoms with van der Waals surface area (Å²) in [4.78, 5) is 10.8. The molecule has 0 spiro atoms. The van der Waals surface area contributed by atoms with Crippen LogP contribution in [0, 0.1) is 4.64 Å². The van der Waals surface area contributed by atoms with Crippen LogP contribution in [0.1, 0.15) is 6.23 Å². The Hall–Kier alpha value is -1.42. The van der Waals surface area contributed by atoms with Crippen LogP contribution in [0.4, 0.5) is 4.39 Å². The summed E-state index contributed by atoms with van der Waals surface area (Å²) in [5.41, 5.74) is 0.922. The molecule has 3 rings (SSSR count). The predicted molar refractivity (Wildman–Crippen MR) is 64.6 cm³/mol. The molecule has 1 fully saturated rings. The Morgan fingerprint density at radius 1 is 1.53 bits per heavy atom. The molecule has 4 atom stereocenters. The molecule has 7 nitrogen and oxygen atoms in total. The molecule has 9 heteroatoms. The van der Waals surface area contributed by atoms with Gasteiger partial charge in [0, 0.05) is 0 Å². The van der Waals surface area contributed by atoms with Crippen LogP contribution in [0.3, 0.4) is 0 Å². The van der Waals surface area contributed by atoms with Gasteiger partial charge in [-0.1, -0.05) is 12.2 Å². The molecule has 0 amide bonds. The Morgan fingerprint density at radius 3 is 3.00 bits per heavy atom. The topological polar surface area (TPSA) is 96.2 Å². The van der Waals surface area contributed by atoms with Crippen molar-refractivity contribution in [2.45, 2.75) is 24.6 Å². The average molecular weight is 286 g/mol. The van der Waals surface area contributed by atoms with E-state index in [4.69, 9.17) is 22.1 Å². The van der Waals surface area contributed by atoms with Crippen molar-refractivity contribution in [3.8, 4) is 0 Å². The molecular weight excluding hydrogens is 275 g/mol. The second-order valence-electron chi connectivity index (χ2n) is 4.24. The minimum absolute atomic E-state index is 0.301. The van der Waals surface area contributed by atoms with Crippen LogP contribution in [0.2, 0.25) is 0 Å². The molecule has 4 unspecified atom stereocenters. The van der Waals surface area contributed by atoms with Gasteiger partial charge in [0.05, 0.1) is 19.3 Å². The van der Waals surface area contributed by atoms with Crippen molar-refractivity contribution >= 4 is 23.4 Å². The lowest BCUT2D eigenvalue weighted by molar-refractivity contribution is -0.0495. The molecule has 3 N–H and O–H groups in total. The van der Waals surface area contributed by atoms with E-state index in [1.54, 1.807) is 0 Å². The molecule has 0 saturated carbocycles. The van der Waals surface area contributed by atoms with Gasteiger partial charge in [-0.05, 0) is 0 Å². The van der Waals surface area contributed by atoms with Crippen molar-refractivity contribution in [1.82, 2.24) is 19.5 Å². The average Bonchev–Trinajstić information content (AvgIpc) is 2.94. The lowest BCUT2D eigenvalue weighted by Crippen LogP contribution is -2.29. The largest absolute Gasteiger partial charge is 0.394 e. The van der Waals surface area contributed by atoms with Gasteiger partial charge in [-0.25, -0.2) is 14.4 Å². The number of aromatic amines is 1. The molecule has 102 valence electrons. The van der Waals surface area contributed by atoms with E-state index in [1.807, 2.05) is 0 Å². The van der Waals surface area contributed by atoms with E-state index in [0.717, 1.165) is 0 Å². The molecule has 1 aliphatic rings. The molecule has 1 saturated heterocycles. The Balaban J connectivity index is 2.06. The van der Waals surface area contributed by atoms with E-state index in [-0.39, 0.29) is 0 Å². The molecule has 0 radical (unpaired) electrons. The summed E-state index contributed by atoms with van der Waals surface area (Å²) in [5.74, 6) is 0. The van der Waals surface area contributed by atoms with Gasteiger partial charge in [0.15, 0.2) is 17.0 Å². The first-order valence-electron chi connectivity index (χ1n) is 5.62. The van der Waals surface area contributed by atoms with Gasteiger partial charge in [-0.3, -0.25) is 4.57 Å². The normalized spacial score (nSPS) is 31.1. The maximum absolute atomic E-state index is 13.7. The number of halogens is 1. The van der Waals surface area contributed by atoms with E-state index in [1.165, 1.54) is 17.2 Å². The number of hydrogen-bond acceptors (Lipinski definition) is 6. The lowest BCUT2D eigenvalue weighted by atomic mass is 10.1. The SMILES string of the molecule is OCC1OC(n2cnc3c(=S)nc[nH]c32)C(O)C1F. The molecule has 0 bridgehead atoms. The lowest BCUT2D eigenvalue weighted by Gasteiger charge is -2.16. The number of hydrogen-bond donors (Lipinski definition) is 3. The molecule has 2 aromatic rings. The molecule has 19 heavy (non-hydrogen) atoms. The van der Waals surface area contributed by atoms with Gasteiger partial charge >= 0.3 is 0 Å². The molecule has 0 aliphatic carbocycles. The van der Waals surface area contributed by atoms with Crippen LogP contribution >= 0.6 is 12.2 Å². The third-order valence-corrected chi connectivity index (χ3v) is 3.42. The van der Waals surface area contributed by atoms with Gasteiger partial charge in [-0.2, -0.15) is 0 Å². The number of H-pyrrole nitrogens is 1. The van der Waals surface area contributed by atoms with Crippen LogP contribution in [0.15, 0.2) is 12.7 Å². The van der Waals surface area contributed by atoms with Crippen LogP contribution in [-0.4, -0.2) is 54.7 Å². The van der Waals surface area contributed by atoms with Crippen LogP contribution in [0.25, 0.3) is 11.2 Å². The summed E-state index contributed by atoms with van der Waals surface area (Å²) in [6, 6.07) is 0. The van der Waals surface area contributed by atoms with E-state index < -0.39 is 31.2 Å². The number of nitrogens with zero attached hydrogens (tertiary/aromatic N) is 3. The monoisotopic (exact) mass is 286 g/mol. The summed E-state index contributed by atoms with van der Waals surface area (Å²) >= 11 is 5.02. The minimum Gasteiger partial charge on any atom is -0.394 e. The van der Waals surface area contributed by atoms with Crippen LogP contribution < -0.4 is 0 Å². The van der Waals surface area contributed by atoms with Gasteiger partial charge in [0.2, 0.25) is 0 Å². The minimum atomic E-state index is -1.66.